The molecule has 1 saturated heterocycles. The van der Waals surface area contributed by atoms with Crippen molar-refractivity contribution in [1.29, 1.82) is 5.26 Å². The zero-order valence-electron chi connectivity index (χ0n) is 17.2. The largest absolute Gasteiger partial charge is 0.495 e. The minimum atomic E-state index is -3.82. The SMILES string of the molecule is COc1ccc(C#N)cc1NC(=O)c1cccc(S(=O)(=O)N2CCN(C(C)=O)CC2)c1. The number of hydrogen-bond acceptors (Lipinski definition) is 6. The lowest BCUT2D eigenvalue weighted by Gasteiger charge is -2.33. The smallest absolute Gasteiger partial charge is 0.255 e. The van der Waals surface area contributed by atoms with Crippen LogP contribution in [0.2, 0.25) is 0 Å². The summed E-state index contributed by atoms with van der Waals surface area (Å²) < 4.78 is 32.5. The third-order valence-electron chi connectivity index (χ3n) is 4.99. The number of benzene rings is 2. The number of nitriles is 1. The molecule has 1 fully saturated rings. The molecule has 0 bridgehead atoms. The van der Waals surface area contributed by atoms with E-state index in [1.807, 2.05) is 6.07 Å². The first-order chi connectivity index (χ1) is 14.8. The molecule has 9 nitrogen and oxygen atoms in total. The summed E-state index contributed by atoms with van der Waals surface area (Å²) in [6.07, 6.45) is 0. The Bertz CT molecular complexity index is 1150. The number of nitrogens with zero attached hydrogens (tertiary/aromatic N) is 3. The number of nitrogens with one attached hydrogen (secondary N) is 1. The number of piperazine rings is 1. The van der Waals surface area contributed by atoms with Crippen LogP contribution in [-0.4, -0.2) is 62.7 Å². The summed E-state index contributed by atoms with van der Waals surface area (Å²) in [6, 6.07) is 12.3. The lowest BCUT2D eigenvalue weighted by molar-refractivity contribution is -0.129. The van der Waals surface area contributed by atoms with E-state index in [1.54, 1.807) is 17.0 Å². The van der Waals surface area contributed by atoms with Crippen LogP contribution in [0.5, 0.6) is 5.75 Å². The molecule has 1 aliphatic rings. The Morgan fingerprint density at radius 1 is 1.10 bits per heavy atom. The van der Waals surface area contributed by atoms with Crippen LogP contribution < -0.4 is 10.1 Å². The highest BCUT2D eigenvalue weighted by Gasteiger charge is 2.29. The quantitative estimate of drug-likeness (QED) is 0.752. The maximum atomic E-state index is 13.0. The molecule has 0 aromatic heterocycles. The zero-order valence-corrected chi connectivity index (χ0v) is 18.0. The number of carbonyl (C=O) groups excluding carboxylic acids is 2. The second kappa shape index (κ2) is 9.16. The molecule has 3 rings (SSSR count). The Hall–Kier alpha value is -3.42. The van der Waals surface area contributed by atoms with Crippen molar-refractivity contribution in [2.75, 3.05) is 38.6 Å². The minimum absolute atomic E-state index is 0.00540. The van der Waals surface area contributed by atoms with E-state index >= 15 is 0 Å². The number of sulfonamides is 1. The molecule has 2 amide bonds. The Morgan fingerprint density at radius 2 is 1.81 bits per heavy atom. The topological polar surface area (TPSA) is 120 Å². The van der Waals surface area contributed by atoms with Gasteiger partial charge >= 0.3 is 0 Å². The fraction of sp³-hybridized carbons (Fsp3) is 0.286. The molecule has 0 spiro atoms. The van der Waals surface area contributed by atoms with Crippen LogP contribution in [0.4, 0.5) is 5.69 Å². The van der Waals surface area contributed by atoms with Crippen LogP contribution >= 0.6 is 0 Å². The van der Waals surface area contributed by atoms with Crippen LogP contribution in [-0.2, 0) is 14.8 Å². The fourth-order valence-electron chi connectivity index (χ4n) is 3.26. The van der Waals surface area contributed by atoms with Crippen LogP contribution in [0, 0.1) is 11.3 Å². The number of amides is 2. The van der Waals surface area contributed by atoms with E-state index in [4.69, 9.17) is 10.00 Å². The van der Waals surface area contributed by atoms with Crippen molar-refractivity contribution in [1.82, 2.24) is 9.21 Å². The summed E-state index contributed by atoms with van der Waals surface area (Å²) in [4.78, 5) is 25.8. The zero-order chi connectivity index (χ0) is 22.6. The van der Waals surface area contributed by atoms with Gasteiger partial charge in [0.25, 0.3) is 5.91 Å². The number of anilines is 1. The summed E-state index contributed by atoms with van der Waals surface area (Å²) in [5, 5.41) is 11.7. The monoisotopic (exact) mass is 442 g/mol. The summed E-state index contributed by atoms with van der Waals surface area (Å²) in [5.74, 6) is -0.252. The molecular weight excluding hydrogens is 420 g/mol. The fourth-order valence-corrected chi connectivity index (χ4v) is 4.73. The predicted molar refractivity (Wildman–Crippen MR) is 113 cm³/mol. The van der Waals surface area contributed by atoms with Gasteiger partial charge in [-0.3, -0.25) is 9.59 Å². The molecule has 0 radical (unpaired) electrons. The first kappa shape index (κ1) is 22.3. The molecule has 162 valence electrons. The third-order valence-corrected chi connectivity index (χ3v) is 6.89. The van der Waals surface area contributed by atoms with Crippen molar-refractivity contribution < 1.29 is 22.7 Å². The van der Waals surface area contributed by atoms with E-state index < -0.39 is 15.9 Å². The van der Waals surface area contributed by atoms with Crippen LogP contribution in [0.15, 0.2) is 47.4 Å². The average molecular weight is 442 g/mol. The van der Waals surface area contributed by atoms with Crippen molar-refractivity contribution in [3.05, 3.63) is 53.6 Å². The number of methoxy groups -OCH3 is 1. The summed E-state index contributed by atoms with van der Waals surface area (Å²) >= 11 is 0. The molecule has 2 aromatic carbocycles. The standard InChI is InChI=1S/C21H22N4O5S/c1-15(26)24-8-10-25(11-9-24)31(28,29)18-5-3-4-17(13-18)21(27)23-19-12-16(14-22)6-7-20(19)30-2/h3-7,12-13H,8-11H2,1-2H3,(H,23,27). The first-order valence-corrected chi connectivity index (χ1v) is 11.0. The van der Waals surface area contributed by atoms with E-state index in [2.05, 4.69) is 5.32 Å². The van der Waals surface area contributed by atoms with Gasteiger partial charge in [-0.25, -0.2) is 8.42 Å². The van der Waals surface area contributed by atoms with Gasteiger partial charge in [0.05, 0.1) is 29.3 Å². The summed E-state index contributed by atoms with van der Waals surface area (Å²) in [7, 11) is -2.38. The second-order valence-corrected chi connectivity index (χ2v) is 8.86. The molecule has 2 aromatic rings. The van der Waals surface area contributed by atoms with Gasteiger partial charge in [-0.05, 0) is 36.4 Å². The first-order valence-electron chi connectivity index (χ1n) is 9.51. The predicted octanol–water partition coefficient (Wildman–Crippen LogP) is 1.67. The second-order valence-electron chi connectivity index (χ2n) is 6.92. The number of hydrogen-bond donors (Lipinski definition) is 1. The van der Waals surface area contributed by atoms with Crippen LogP contribution in [0.1, 0.15) is 22.8 Å². The maximum Gasteiger partial charge on any atom is 0.255 e. The molecule has 0 aliphatic carbocycles. The minimum Gasteiger partial charge on any atom is -0.495 e. The molecule has 31 heavy (non-hydrogen) atoms. The van der Waals surface area contributed by atoms with Crippen molar-refractivity contribution in [2.45, 2.75) is 11.8 Å². The van der Waals surface area contributed by atoms with Crippen molar-refractivity contribution in [3.63, 3.8) is 0 Å². The van der Waals surface area contributed by atoms with Gasteiger partial charge in [-0.2, -0.15) is 9.57 Å². The van der Waals surface area contributed by atoms with Crippen LogP contribution in [0.25, 0.3) is 0 Å². The Kier molecular flexibility index (Phi) is 6.58. The van der Waals surface area contributed by atoms with Gasteiger partial charge in [-0.1, -0.05) is 6.07 Å². The molecule has 0 atom stereocenters. The van der Waals surface area contributed by atoms with Gasteiger partial charge in [0.2, 0.25) is 15.9 Å². The Labute approximate surface area is 180 Å². The average Bonchev–Trinajstić information content (AvgIpc) is 2.79. The van der Waals surface area contributed by atoms with Crippen molar-refractivity contribution in [3.8, 4) is 11.8 Å². The van der Waals surface area contributed by atoms with Gasteiger partial charge in [-0.15, -0.1) is 0 Å². The molecule has 10 heteroatoms. The highest BCUT2D eigenvalue weighted by Crippen LogP contribution is 2.26. The van der Waals surface area contributed by atoms with Crippen LogP contribution in [0.3, 0.4) is 0 Å². The lowest BCUT2D eigenvalue weighted by atomic mass is 10.1. The molecule has 0 saturated carbocycles. The third kappa shape index (κ3) is 4.84. The number of rotatable bonds is 5. The molecule has 1 heterocycles. The Balaban J connectivity index is 1.81. The van der Waals surface area contributed by atoms with Gasteiger partial charge in [0.1, 0.15) is 5.75 Å². The lowest BCUT2D eigenvalue weighted by Crippen LogP contribution is -2.49. The highest BCUT2D eigenvalue weighted by atomic mass is 32.2. The maximum absolute atomic E-state index is 13.0. The van der Waals surface area contributed by atoms with E-state index in [0.717, 1.165) is 0 Å². The van der Waals surface area contributed by atoms with Crippen molar-refractivity contribution in [2.24, 2.45) is 0 Å². The van der Waals surface area contributed by atoms with Crippen molar-refractivity contribution >= 4 is 27.5 Å². The molecule has 0 unspecified atom stereocenters. The van der Waals surface area contributed by atoms with Gasteiger partial charge in [0, 0.05) is 38.7 Å². The number of carbonyl (C=O) groups is 2. The summed E-state index contributed by atoms with van der Waals surface area (Å²) in [5.41, 5.74) is 0.796. The highest BCUT2D eigenvalue weighted by molar-refractivity contribution is 7.89. The Morgan fingerprint density at radius 3 is 2.42 bits per heavy atom. The van der Waals surface area contributed by atoms with Gasteiger partial charge < -0.3 is 15.0 Å². The molecular formula is C21H22N4O5S. The molecule has 1 aliphatic heterocycles. The number of ether oxygens (including phenoxy) is 1. The van der Waals surface area contributed by atoms with Gasteiger partial charge in [0.15, 0.2) is 0 Å². The van der Waals surface area contributed by atoms with E-state index in [9.17, 15) is 18.0 Å². The normalized spacial score (nSPS) is 14.5. The summed E-state index contributed by atoms with van der Waals surface area (Å²) in [6.45, 7) is 2.48. The van der Waals surface area contributed by atoms with E-state index in [0.29, 0.717) is 30.1 Å². The van der Waals surface area contributed by atoms with E-state index in [1.165, 1.54) is 48.7 Å². The van der Waals surface area contributed by atoms with E-state index in [-0.39, 0.29) is 29.5 Å². The molecule has 1 N–H and O–H groups in total.